The van der Waals surface area contributed by atoms with E-state index in [1.165, 1.54) is 11.3 Å². The molecule has 1 aromatic heterocycles. The Bertz CT molecular complexity index is 844. The number of aromatic nitrogens is 3. The van der Waals surface area contributed by atoms with Crippen LogP contribution >= 0.6 is 27.7 Å². The fourth-order valence-electron chi connectivity index (χ4n) is 2.70. The molecule has 4 rings (SSSR count). The predicted octanol–water partition coefficient (Wildman–Crippen LogP) is 4.54. The van der Waals surface area contributed by atoms with Gasteiger partial charge in [0.15, 0.2) is 11.0 Å². The van der Waals surface area contributed by atoms with E-state index in [0.29, 0.717) is 0 Å². The molecule has 1 aliphatic heterocycles. The molecular weight excluding hydrogens is 372 g/mol. The number of halogens is 1. The number of fused-ring (bicyclic) bond motifs is 1. The quantitative estimate of drug-likeness (QED) is 0.647. The van der Waals surface area contributed by atoms with Crippen LogP contribution in [0.15, 0.2) is 58.2 Å². The van der Waals surface area contributed by atoms with E-state index in [9.17, 15) is 0 Å². The van der Waals surface area contributed by atoms with Gasteiger partial charge in [0.1, 0.15) is 0 Å². The zero-order valence-electron chi connectivity index (χ0n) is 12.6. The largest absolute Gasteiger partial charge is 0.344 e. The molecule has 23 heavy (non-hydrogen) atoms. The molecule has 2 aromatic carbocycles. The van der Waals surface area contributed by atoms with E-state index in [2.05, 4.69) is 85.0 Å². The molecule has 6 heteroatoms. The Labute approximate surface area is 147 Å². The fraction of sp³-hybridized carbons (Fsp3) is 0.176. The van der Waals surface area contributed by atoms with Gasteiger partial charge in [0.05, 0.1) is 12.5 Å². The second-order valence-electron chi connectivity index (χ2n) is 5.48. The van der Waals surface area contributed by atoms with Crippen molar-refractivity contribution in [1.29, 1.82) is 0 Å². The molecule has 0 fully saturated rings. The summed E-state index contributed by atoms with van der Waals surface area (Å²) in [5, 5.41) is 9.77. The van der Waals surface area contributed by atoms with Crippen molar-refractivity contribution in [3.8, 4) is 11.4 Å². The van der Waals surface area contributed by atoms with E-state index < -0.39 is 0 Å². The van der Waals surface area contributed by atoms with Crippen LogP contribution < -0.4 is 4.90 Å². The molecule has 116 valence electrons. The minimum atomic E-state index is 0.765. The van der Waals surface area contributed by atoms with Crippen LogP contribution in [0.1, 0.15) is 5.56 Å². The summed E-state index contributed by atoms with van der Waals surface area (Å²) in [7, 11) is 0. The third kappa shape index (κ3) is 2.77. The van der Waals surface area contributed by atoms with E-state index in [1.807, 2.05) is 6.07 Å². The van der Waals surface area contributed by atoms with Crippen molar-refractivity contribution in [2.24, 2.45) is 0 Å². The molecule has 0 aliphatic carbocycles. The van der Waals surface area contributed by atoms with E-state index in [4.69, 9.17) is 0 Å². The molecule has 2 heterocycles. The molecule has 0 saturated carbocycles. The molecule has 0 amide bonds. The Hall–Kier alpha value is -1.79. The second-order valence-corrected chi connectivity index (χ2v) is 7.31. The van der Waals surface area contributed by atoms with Crippen LogP contribution in [0.4, 0.5) is 5.69 Å². The Morgan fingerprint density at radius 3 is 2.61 bits per heavy atom. The number of rotatable bonds is 2. The zero-order chi connectivity index (χ0) is 15.8. The SMILES string of the molecule is Cc1ccccc1-c1nnc2n1CN(c1ccc(Br)cc1)CS2. The number of thioether (sulfide) groups is 1. The van der Waals surface area contributed by atoms with Crippen molar-refractivity contribution in [3.05, 3.63) is 58.6 Å². The predicted molar refractivity (Wildman–Crippen MR) is 97.5 cm³/mol. The lowest BCUT2D eigenvalue weighted by Gasteiger charge is -2.29. The van der Waals surface area contributed by atoms with Crippen LogP contribution in [0.5, 0.6) is 0 Å². The van der Waals surface area contributed by atoms with Gasteiger partial charge >= 0.3 is 0 Å². The Morgan fingerprint density at radius 2 is 1.83 bits per heavy atom. The number of benzene rings is 2. The normalized spacial score (nSPS) is 13.9. The molecule has 0 spiro atoms. The Balaban J connectivity index is 1.70. The molecule has 0 radical (unpaired) electrons. The first-order valence-electron chi connectivity index (χ1n) is 7.35. The van der Waals surface area contributed by atoms with Crippen molar-refractivity contribution < 1.29 is 0 Å². The van der Waals surface area contributed by atoms with E-state index in [-0.39, 0.29) is 0 Å². The molecule has 3 aromatic rings. The topological polar surface area (TPSA) is 34.0 Å². The lowest BCUT2D eigenvalue weighted by atomic mass is 10.1. The minimum absolute atomic E-state index is 0.765. The van der Waals surface area contributed by atoms with Gasteiger partial charge in [0.2, 0.25) is 0 Å². The molecule has 0 unspecified atom stereocenters. The lowest BCUT2D eigenvalue weighted by molar-refractivity contribution is 0.608. The van der Waals surface area contributed by atoms with Gasteiger partial charge < -0.3 is 4.90 Å². The van der Waals surface area contributed by atoms with Crippen molar-refractivity contribution in [2.45, 2.75) is 18.7 Å². The molecule has 4 nitrogen and oxygen atoms in total. The fourth-order valence-corrected chi connectivity index (χ4v) is 3.87. The second kappa shape index (κ2) is 6.02. The smallest absolute Gasteiger partial charge is 0.194 e. The number of hydrogen-bond donors (Lipinski definition) is 0. The third-order valence-corrected chi connectivity index (χ3v) is 5.49. The van der Waals surface area contributed by atoms with Gasteiger partial charge in [-0.1, -0.05) is 52.0 Å². The Morgan fingerprint density at radius 1 is 1.04 bits per heavy atom. The van der Waals surface area contributed by atoms with Gasteiger partial charge in [-0.05, 0) is 36.8 Å². The van der Waals surface area contributed by atoms with Crippen molar-refractivity contribution in [3.63, 3.8) is 0 Å². The summed E-state index contributed by atoms with van der Waals surface area (Å²) in [6.07, 6.45) is 0. The van der Waals surface area contributed by atoms with Gasteiger partial charge in [-0.2, -0.15) is 0 Å². The van der Waals surface area contributed by atoms with Crippen LogP contribution in [0, 0.1) is 6.92 Å². The highest BCUT2D eigenvalue weighted by molar-refractivity contribution is 9.10. The van der Waals surface area contributed by atoms with Crippen LogP contribution in [0.2, 0.25) is 0 Å². The number of aryl methyl sites for hydroxylation is 1. The van der Waals surface area contributed by atoms with Crippen LogP contribution in [-0.4, -0.2) is 20.6 Å². The minimum Gasteiger partial charge on any atom is -0.344 e. The van der Waals surface area contributed by atoms with Crippen LogP contribution in [-0.2, 0) is 6.67 Å². The lowest BCUT2D eigenvalue weighted by Crippen LogP contribution is -2.30. The number of nitrogens with zero attached hydrogens (tertiary/aromatic N) is 4. The average Bonchev–Trinajstić information content (AvgIpc) is 2.99. The van der Waals surface area contributed by atoms with Gasteiger partial charge in [0.25, 0.3) is 0 Å². The summed E-state index contributed by atoms with van der Waals surface area (Å²) < 4.78 is 3.29. The highest BCUT2D eigenvalue weighted by atomic mass is 79.9. The maximum absolute atomic E-state index is 4.43. The highest BCUT2D eigenvalue weighted by Crippen LogP contribution is 2.32. The van der Waals surface area contributed by atoms with Crippen molar-refractivity contribution in [1.82, 2.24) is 14.8 Å². The summed E-state index contributed by atoms with van der Waals surface area (Å²) in [5.74, 6) is 1.82. The maximum Gasteiger partial charge on any atom is 0.194 e. The summed E-state index contributed by atoms with van der Waals surface area (Å²) in [6, 6.07) is 16.7. The standard InChI is InChI=1S/C17H15BrN4S/c1-12-4-2-3-5-15(12)16-19-20-17-22(16)10-21(11-23-17)14-8-6-13(18)7-9-14/h2-9H,10-11H2,1H3. The molecule has 0 bridgehead atoms. The van der Waals surface area contributed by atoms with Gasteiger partial charge in [-0.15, -0.1) is 10.2 Å². The monoisotopic (exact) mass is 386 g/mol. The first-order chi connectivity index (χ1) is 11.2. The molecule has 0 saturated heterocycles. The summed E-state index contributed by atoms with van der Waals surface area (Å²) in [6.45, 7) is 2.88. The van der Waals surface area contributed by atoms with E-state index in [0.717, 1.165) is 33.6 Å². The zero-order valence-corrected chi connectivity index (χ0v) is 15.0. The third-order valence-electron chi connectivity index (χ3n) is 3.96. The first kappa shape index (κ1) is 14.8. The molecular formula is C17H15BrN4S. The van der Waals surface area contributed by atoms with Crippen molar-refractivity contribution in [2.75, 3.05) is 10.8 Å². The molecule has 0 N–H and O–H groups in total. The van der Waals surface area contributed by atoms with Gasteiger partial charge in [0, 0.05) is 15.7 Å². The maximum atomic E-state index is 4.43. The number of anilines is 1. The van der Waals surface area contributed by atoms with Crippen molar-refractivity contribution >= 4 is 33.4 Å². The van der Waals surface area contributed by atoms with Gasteiger partial charge in [-0.3, -0.25) is 4.57 Å². The number of hydrogen-bond acceptors (Lipinski definition) is 4. The average molecular weight is 387 g/mol. The Kier molecular flexibility index (Phi) is 3.87. The molecule has 0 atom stereocenters. The highest BCUT2D eigenvalue weighted by Gasteiger charge is 2.23. The summed E-state index contributed by atoms with van der Waals surface area (Å²) in [4.78, 5) is 2.33. The van der Waals surface area contributed by atoms with Crippen LogP contribution in [0.3, 0.4) is 0 Å². The molecule has 1 aliphatic rings. The summed E-state index contributed by atoms with van der Waals surface area (Å²) in [5.41, 5.74) is 3.56. The summed E-state index contributed by atoms with van der Waals surface area (Å²) >= 11 is 5.21. The van der Waals surface area contributed by atoms with E-state index in [1.54, 1.807) is 11.8 Å². The van der Waals surface area contributed by atoms with Gasteiger partial charge in [-0.25, -0.2) is 0 Å². The first-order valence-corrected chi connectivity index (χ1v) is 9.13. The van der Waals surface area contributed by atoms with Crippen LogP contribution in [0.25, 0.3) is 11.4 Å². The van der Waals surface area contributed by atoms with E-state index >= 15 is 0 Å².